The Kier molecular flexibility index (Phi) is 3.06. The van der Waals surface area contributed by atoms with Gasteiger partial charge in [0.25, 0.3) is 0 Å². The van der Waals surface area contributed by atoms with Crippen molar-refractivity contribution in [2.75, 3.05) is 0 Å². The summed E-state index contributed by atoms with van der Waals surface area (Å²) in [5, 5.41) is 6.23. The summed E-state index contributed by atoms with van der Waals surface area (Å²) < 4.78 is 21.6. The van der Waals surface area contributed by atoms with Crippen molar-refractivity contribution in [2.24, 2.45) is 0 Å². The first-order valence-electron chi connectivity index (χ1n) is 4.02. The third-order valence-corrected chi connectivity index (χ3v) is 3.12. The zero-order chi connectivity index (χ0) is 9.90. The van der Waals surface area contributed by atoms with Gasteiger partial charge >= 0.3 is 0 Å². The van der Waals surface area contributed by atoms with Crippen LogP contribution in [0.1, 0.15) is 12.5 Å². The number of sulfonamides is 1. The van der Waals surface area contributed by atoms with Crippen LogP contribution in [0.3, 0.4) is 0 Å². The van der Waals surface area contributed by atoms with Crippen molar-refractivity contribution in [2.45, 2.75) is 18.6 Å². The lowest BCUT2D eigenvalue weighted by atomic mass is 10.1. The van der Waals surface area contributed by atoms with Crippen LogP contribution in [0.4, 0.5) is 0 Å². The van der Waals surface area contributed by atoms with Crippen LogP contribution in [0.25, 0.3) is 0 Å². The summed E-state index contributed by atoms with van der Waals surface area (Å²) in [7, 11) is -3.65. The Morgan fingerprint density at radius 3 is 2.31 bits per heavy atom. The molecule has 0 saturated carbocycles. The van der Waals surface area contributed by atoms with Crippen molar-refractivity contribution >= 4 is 10.0 Å². The molecule has 0 amide bonds. The fraction of sp³-hybridized carbons (Fsp3) is 0.333. The zero-order valence-corrected chi connectivity index (χ0v) is 8.21. The SMILES string of the molecule is CC(Cc1ccccc1)S([NH])(=O)=O. The van der Waals surface area contributed by atoms with Crippen molar-refractivity contribution in [3.63, 3.8) is 0 Å². The maximum Gasteiger partial charge on any atom is 0.228 e. The molecule has 0 aliphatic heterocycles. The van der Waals surface area contributed by atoms with Crippen LogP contribution in [0.5, 0.6) is 0 Å². The van der Waals surface area contributed by atoms with Gasteiger partial charge in [-0.2, -0.15) is 0 Å². The van der Waals surface area contributed by atoms with Gasteiger partial charge < -0.3 is 0 Å². The van der Waals surface area contributed by atoms with Gasteiger partial charge in [-0.05, 0) is 18.9 Å². The summed E-state index contributed by atoms with van der Waals surface area (Å²) in [5.41, 5.74) is 0.950. The van der Waals surface area contributed by atoms with Crippen LogP contribution >= 0.6 is 0 Å². The normalized spacial score (nSPS) is 14.0. The fourth-order valence-electron chi connectivity index (χ4n) is 1.06. The minimum atomic E-state index is -3.65. The van der Waals surface area contributed by atoms with E-state index in [4.69, 9.17) is 5.14 Å². The Morgan fingerprint density at radius 1 is 1.31 bits per heavy atom. The van der Waals surface area contributed by atoms with Gasteiger partial charge in [0.1, 0.15) is 0 Å². The average Bonchev–Trinajstić information content (AvgIpc) is 2.04. The standard InChI is InChI=1S/C9H12NO2S/c1-8(13(10,11)12)7-9-5-3-2-4-6-9/h2-6,8,10H,7H2,1H3. The van der Waals surface area contributed by atoms with E-state index in [1.54, 1.807) is 6.92 Å². The summed E-state index contributed by atoms with van der Waals surface area (Å²) in [5.74, 6) is 0. The molecule has 0 aliphatic carbocycles. The summed E-state index contributed by atoms with van der Waals surface area (Å²) in [6, 6.07) is 9.32. The molecule has 1 N–H and O–H groups in total. The Balaban J connectivity index is 2.72. The smallest absolute Gasteiger partial charge is 0.211 e. The van der Waals surface area contributed by atoms with E-state index in [1.165, 1.54) is 0 Å². The van der Waals surface area contributed by atoms with Crippen LogP contribution in [-0.2, 0) is 16.4 Å². The number of rotatable bonds is 3. The van der Waals surface area contributed by atoms with Gasteiger partial charge in [0.15, 0.2) is 0 Å². The Bertz CT molecular complexity index is 358. The molecule has 0 fully saturated rings. The Labute approximate surface area is 78.6 Å². The first-order valence-corrected chi connectivity index (χ1v) is 5.57. The molecular weight excluding hydrogens is 186 g/mol. The first kappa shape index (κ1) is 10.2. The molecule has 0 aromatic heterocycles. The highest BCUT2D eigenvalue weighted by atomic mass is 32.2. The minimum Gasteiger partial charge on any atom is -0.211 e. The summed E-state index contributed by atoms with van der Waals surface area (Å²) >= 11 is 0. The van der Waals surface area contributed by atoms with Crippen molar-refractivity contribution in [1.82, 2.24) is 5.14 Å². The predicted molar refractivity (Wildman–Crippen MR) is 51.6 cm³/mol. The summed E-state index contributed by atoms with van der Waals surface area (Å²) in [6.45, 7) is 1.55. The van der Waals surface area contributed by atoms with Crippen molar-refractivity contribution in [3.05, 3.63) is 35.9 Å². The van der Waals surface area contributed by atoms with Gasteiger partial charge in [0.2, 0.25) is 10.0 Å². The first-order chi connectivity index (χ1) is 6.00. The molecule has 1 aromatic rings. The molecule has 0 aliphatic rings. The van der Waals surface area contributed by atoms with E-state index in [1.807, 2.05) is 30.3 Å². The highest BCUT2D eigenvalue weighted by Gasteiger charge is 2.16. The predicted octanol–water partition coefficient (Wildman–Crippen LogP) is 1.23. The second kappa shape index (κ2) is 3.89. The van der Waals surface area contributed by atoms with Gasteiger partial charge in [-0.15, -0.1) is 5.14 Å². The van der Waals surface area contributed by atoms with Crippen molar-refractivity contribution in [3.8, 4) is 0 Å². The lowest BCUT2D eigenvalue weighted by molar-refractivity contribution is 0.582. The molecule has 1 aromatic carbocycles. The molecule has 1 rings (SSSR count). The Hall–Kier alpha value is -0.870. The highest BCUT2D eigenvalue weighted by Crippen LogP contribution is 2.07. The second-order valence-electron chi connectivity index (χ2n) is 3.05. The second-order valence-corrected chi connectivity index (χ2v) is 4.94. The molecule has 13 heavy (non-hydrogen) atoms. The average molecular weight is 198 g/mol. The van der Waals surface area contributed by atoms with E-state index < -0.39 is 15.3 Å². The molecule has 0 heterocycles. The molecule has 1 atom stereocenters. The van der Waals surface area contributed by atoms with Crippen molar-refractivity contribution < 1.29 is 8.42 Å². The van der Waals surface area contributed by atoms with Crippen LogP contribution in [0.2, 0.25) is 0 Å². The quantitative estimate of drug-likeness (QED) is 0.733. The van der Waals surface area contributed by atoms with Gasteiger partial charge in [-0.1, -0.05) is 30.3 Å². The van der Waals surface area contributed by atoms with Gasteiger partial charge in [0, 0.05) is 0 Å². The Morgan fingerprint density at radius 2 is 1.85 bits per heavy atom. The maximum atomic E-state index is 10.8. The molecular formula is C9H12NO2S. The van der Waals surface area contributed by atoms with Crippen LogP contribution < -0.4 is 5.14 Å². The summed E-state index contributed by atoms with van der Waals surface area (Å²) in [6.07, 6.45) is 0.409. The lowest BCUT2D eigenvalue weighted by Crippen LogP contribution is -2.20. The topological polar surface area (TPSA) is 57.9 Å². The maximum absolute atomic E-state index is 10.8. The third-order valence-electron chi connectivity index (χ3n) is 1.90. The monoisotopic (exact) mass is 198 g/mol. The molecule has 1 unspecified atom stereocenters. The van der Waals surface area contributed by atoms with Crippen molar-refractivity contribution in [1.29, 1.82) is 0 Å². The largest absolute Gasteiger partial charge is 0.228 e. The molecule has 71 valence electrons. The van der Waals surface area contributed by atoms with Gasteiger partial charge in [0.05, 0.1) is 5.25 Å². The molecule has 1 radical (unpaired) electrons. The van der Waals surface area contributed by atoms with Crippen LogP contribution in [0, 0.1) is 0 Å². The lowest BCUT2D eigenvalue weighted by Gasteiger charge is -2.07. The van der Waals surface area contributed by atoms with E-state index in [-0.39, 0.29) is 0 Å². The number of hydrogen-bond donors (Lipinski definition) is 0. The van der Waals surface area contributed by atoms with E-state index in [9.17, 15) is 8.42 Å². The van der Waals surface area contributed by atoms with E-state index in [0.717, 1.165) is 5.56 Å². The van der Waals surface area contributed by atoms with Crippen LogP contribution in [-0.4, -0.2) is 13.7 Å². The van der Waals surface area contributed by atoms with Gasteiger partial charge in [-0.25, -0.2) is 8.42 Å². The van der Waals surface area contributed by atoms with E-state index >= 15 is 0 Å². The molecule has 0 saturated heterocycles. The van der Waals surface area contributed by atoms with E-state index in [0.29, 0.717) is 6.42 Å². The number of nitrogens with one attached hydrogen (secondary N) is 1. The molecule has 0 bridgehead atoms. The molecule has 3 nitrogen and oxygen atoms in total. The number of hydrogen-bond acceptors (Lipinski definition) is 2. The summed E-state index contributed by atoms with van der Waals surface area (Å²) in [4.78, 5) is 0. The molecule has 4 heteroatoms. The number of benzene rings is 1. The van der Waals surface area contributed by atoms with Crippen LogP contribution in [0.15, 0.2) is 30.3 Å². The van der Waals surface area contributed by atoms with E-state index in [2.05, 4.69) is 0 Å². The minimum absolute atomic E-state index is 0.409. The third kappa shape index (κ3) is 3.16. The molecule has 0 spiro atoms. The fourth-order valence-corrected chi connectivity index (χ4v) is 1.47. The highest BCUT2D eigenvalue weighted by molar-refractivity contribution is 7.89. The van der Waals surface area contributed by atoms with Gasteiger partial charge in [-0.3, -0.25) is 0 Å². The zero-order valence-electron chi connectivity index (χ0n) is 7.40.